The minimum Gasteiger partial charge on any atom is -0.497 e. The molecule has 1 amide bonds. The van der Waals surface area contributed by atoms with Crippen LogP contribution in [0, 0.1) is 0 Å². The fourth-order valence-electron chi connectivity index (χ4n) is 3.94. The molecule has 0 aliphatic carbocycles. The second-order valence-corrected chi connectivity index (χ2v) is 7.54. The Balaban J connectivity index is 1.40. The van der Waals surface area contributed by atoms with Gasteiger partial charge < -0.3 is 14.5 Å². The van der Waals surface area contributed by atoms with Gasteiger partial charge in [0.05, 0.1) is 13.5 Å². The molecule has 142 valence electrons. The smallest absolute Gasteiger partial charge is 0.227 e. The fourth-order valence-corrected chi connectivity index (χ4v) is 3.94. The molecule has 0 spiro atoms. The molecule has 0 bridgehead atoms. The van der Waals surface area contributed by atoms with E-state index in [0.717, 1.165) is 49.6 Å². The third-order valence-corrected chi connectivity index (χ3v) is 5.54. The van der Waals surface area contributed by atoms with E-state index in [4.69, 9.17) is 9.72 Å². The number of likely N-dealkylation sites (tertiary alicyclic amines) is 1. The van der Waals surface area contributed by atoms with Gasteiger partial charge in [-0.1, -0.05) is 12.1 Å². The van der Waals surface area contributed by atoms with Gasteiger partial charge in [-0.2, -0.15) is 0 Å². The van der Waals surface area contributed by atoms with Crippen LogP contribution in [0.15, 0.2) is 30.5 Å². The van der Waals surface area contributed by atoms with Crippen molar-refractivity contribution in [1.82, 2.24) is 19.8 Å². The van der Waals surface area contributed by atoms with Gasteiger partial charge in [0.25, 0.3) is 0 Å². The van der Waals surface area contributed by atoms with E-state index in [2.05, 4.69) is 16.9 Å². The molecule has 0 unspecified atom stereocenters. The van der Waals surface area contributed by atoms with Crippen LogP contribution in [-0.2, 0) is 24.2 Å². The summed E-state index contributed by atoms with van der Waals surface area (Å²) in [6, 6.07) is 7.71. The van der Waals surface area contributed by atoms with Gasteiger partial charge in [0, 0.05) is 56.0 Å². The SMILES string of the molecule is COc1cccc(CC(=O)N2CC[C@@H](c3ncc4c(n3)CCN(C)C4)C2)c1. The number of nitrogens with zero attached hydrogens (tertiary/aromatic N) is 4. The van der Waals surface area contributed by atoms with Crippen LogP contribution in [-0.4, -0.2) is 59.5 Å². The van der Waals surface area contributed by atoms with E-state index < -0.39 is 0 Å². The number of carbonyl (C=O) groups is 1. The molecule has 1 aromatic carbocycles. The number of benzene rings is 1. The van der Waals surface area contributed by atoms with Crippen LogP contribution in [0.3, 0.4) is 0 Å². The maximum absolute atomic E-state index is 12.7. The lowest BCUT2D eigenvalue weighted by Gasteiger charge is -2.24. The second-order valence-electron chi connectivity index (χ2n) is 7.54. The van der Waals surface area contributed by atoms with Gasteiger partial charge in [0.1, 0.15) is 11.6 Å². The molecule has 2 aliphatic heterocycles. The maximum atomic E-state index is 12.7. The Morgan fingerprint density at radius 1 is 1.33 bits per heavy atom. The van der Waals surface area contributed by atoms with E-state index in [0.29, 0.717) is 13.0 Å². The lowest BCUT2D eigenvalue weighted by molar-refractivity contribution is -0.129. The summed E-state index contributed by atoms with van der Waals surface area (Å²) in [7, 11) is 3.77. The molecule has 0 N–H and O–H groups in total. The summed E-state index contributed by atoms with van der Waals surface area (Å²) in [4.78, 5) is 26.4. The van der Waals surface area contributed by atoms with Crippen LogP contribution in [0.25, 0.3) is 0 Å². The number of ether oxygens (including phenoxy) is 1. The Morgan fingerprint density at radius 3 is 3.07 bits per heavy atom. The minimum absolute atomic E-state index is 0.158. The second kappa shape index (κ2) is 7.64. The quantitative estimate of drug-likeness (QED) is 0.829. The fraction of sp³-hybridized carbons (Fsp3) is 0.476. The van der Waals surface area contributed by atoms with Crippen LogP contribution < -0.4 is 4.74 Å². The number of amides is 1. The lowest BCUT2D eigenvalue weighted by Crippen LogP contribution is -2.30. The van der Waals surface area contributed by atoms with Crippen molar-refractivity contribution >= 4 is 5.91 Å². The van der Waals surface area contributed by atoms with Crippen LogP contribution in [0.2, 0.25) is 0 Å². The highest BCUT2D eigenvalue weighted by atomic mass is 16.5. The summed E-state index contributed by atoms with van der Waals surface area (Å²) in [5.41, 5.74) is 3.40. The van der Waals surface area contributed by atoms with E-state index >= 15 is 0 Å². The standard InChI is InChI=1S/C21H26N4O2/c1-24-8-7-19-17(13-24)12-22-21(23-19)16-6-9-25(14-16)20(26)11-15-4-3-5-18(10-15)27-2/h3-5,10,12,16H,6-9,11,13-14H2,1-2H3/t16-/m1/s1. The molecular weight excluding hydrogens is 340 g/mol. The predicted molar refractivity (Wildman–Crippen MR) is 103 cm³/mol. The number of methoxy groups -OCH3 is 1. The van der Waals surface area contributed by atoms with Gasteiger partial charge in [0.2, 0.25) is 5.91 Å². The zero-order valence-electron chi connectivity index (χ0n) is 16.0. The Bertz CT molecular complexity index is 839. The van der Waals surface area contributed by atoms with E-state index in [-0.39, 0.29) is 11.8 Å². The maximum Gasteiger partial charge on any atom is 0.227 e. The lowest BCUT2D eigenvalue weighted by atomic mass is 10.1. The van der Waals surface area contributed by atoms with Crippen LogP contribution in [0.5, 0.6) is 5.75 Å². The van der Waals surface area contributed by atoms with Crippen LogP contribution >= 0.6 is 0 Å². The summed E-state index contributed by atoms with van der Waals surface area (Å²) in [6.07, 6.45) is 4.30. The summed E-state index contributed by atoms with van der Waals surface area (Å²) < 4.78 is 5.24. The first-order chi connectivity index (χ1) is 13.1. The molecular formula is C21H26N4O2. The van der Waals surface area contributed by atoms with Crippen molar-refractivity contribution in [2.24, 2.45) is 0 Å². The summed E-state index contributed by atoms with van der Waals surface area (Å²) >= 11 is 0. The van der Waals surface area contributed by atoms with E-state index in [1.54, 1.807) is 7.11 Å². The molecule has 6 nitrogen and oxygen atoms in total. The highest BCUT2D eigenvalue weighted by Gasteiger charge is 2.30. The Kier molecular flexibility index (Phi) is 5.07. The molecule has 2 aliphatic rings. The molecule has 0 radical (unpaired) electrons. The topological polar surface area (TPSA) is 58.6 Å². The van der Waals surface area contributed by atoms with E-state index in [1.165, 1.54) is 11.3 Å². The molecule has 1 aromatic heterocycles. The molecule has 3 heterocycles. The van der Waals surface area contributed by atoms with E-state index in [9.17, 15) is 4.79 Å². The summed E-state index contributed by atoms with van der Waals surface area (Å²) in [6.45, 7) is 3.45. The zero-order chi connectivity index (χ0) is 18.8. The monoisotopic (exact) mass is 366 g/mol. The zero-order valence-corrected chi connectivity index (χ0v) is 16.0. The molecule has 4 rings (SSSR count). The molecule has 1 fully saturated rings. The van der Waals surface area contributed by atoms with Gasteiger partial charge in [-0.3, -0.25) is 4.79 Å². The molecule has 27 heavy (non-hydrogen) atoms. The number of fused-ring (bicyclic) bond motifs is 1. The van der Waals surface area contributed by atoms with Gasteiger partial charge >= 0.3 is 0 Å². The van der Waals surface area contributed by atoms with Gasteiger partial charge in [-0.05, 0) is 31.2 Å². The van der Waals surface area contributed by atoms with Crippen molar-refractivity contribution in [3.8, 4) is 5.75 Å². The van der Waals surface area contributed by atoms with Crippen LogP contribution in [0.1, 0.15) is 35.0 Å². The highest BCUT2D eigenvalue weighted by Crippen LogP contribution is 2.27. The first kappa shape index (κ1) is 17.9. The van der Waals surface area contributed by atoms with E-state index in [1.807, 2.05) is 35.4 Å². The third kappa shape index (κ3) is 3.95. The number of carbonyl (C=O) groups excluding carboxylic acids is 1. The Morgan fingerprint density at radius 2 is 2.22 bits per heavy atom. The van der Waals surface area contributed by atoms with Crippen molar-refractivity contribution in [3.63, 3.8) is 0 Å². The van der Waals surface area contributed by atoms with Crippen LogP contribution in [0.4, 0.5) is 0 Å². The van der Waals surface area contributed by atoms with Gasteiger partial charge in [-0.25, -0.2) is 9.97 Å². The van der Waals surface area contributed by atoms with Crippen molar-refractivity contribution in [3.05, 3.63) is 53.1 Å². The number of hydrogen-bond acceptors (Lipinski definition) is 5. The molecule has 0 saturated carbocycles. The Labute approximate surface area is 160 Å². The Hall–Kier alpha value is -2.47. The normalized spacial score (nSPS) is 19.8. The average Bonchev–Trinajstić information content (AvgIpc) is 3.18. The van der Waals surface area contributed by atoms with Crippen molar-refractivity contribution < 1.29 is 9.53 Å². The van der Waals surface area contributed by atoms with Crippen molar-refractivity contribution in [2.75, 3.05) is 33.8 Å². The number of aromatic nitrogens is 2. The molecule has 1 saturated heterocycles. The molecule has 1 atom stereocenters. The summed E-state index contributed by atoms with van der Waals surface area (Å²) in [5.74, 6) is 2.08. The first-order valence-corrected chi connectivity index (χ1v) is 9.56. The average molecular weight is 366 g/mol. The van der Waals surface area contributed by atoms with Crippen molar-refractivity contribution in [1.29, 1.82) is 0 Å². The molecule has 6 heteroatoms. The van der Waals surface area contributed by atoms with Gasteiger partial charge in [-0.15, -0.1) is 0 Å². The minimum atomic E-state index is 0.158. The van der Waals surface area contributed by atoms with Gasteiger partial charge in [0.15, 0.2) is 0 Å². The third-order valence-electron chi connectivity index (χ3n) is 5.54. The van der Waals surface area contributed by atoms with Crippen molar-refractivity contribution in [2.45, 2.75) is 31.7 Å². The predicted octanol–water partition coefficient (Wildman–Crippen LogP) is 2.03. The first-order valence-electron chi connectivity index (χ1n) is 9.56. The summed E-state index contributed by atoms with van der Waals surface area (Å²) in [5, 5.41) is 0. The largest absolute Gasteiger partial charge is 0.497 e. The number of likely N-dealkylation sites (N-methyl/N-ethyl adjacent to an activating group) is 1. The highest BCUT2D eigenvalue weighted by molar-refractivity contribution is 5.79. The number of hydrogen-bond donors (Lipinski definition) is 0. The number of rotatable bonds is 4. The molecule has 2 aromatic rings.